The summed E-state index contributed by atoms with van der Waals surface area (Å²) in [5.41, 5.74) is -0.0647. The van der Waals surface area contributed by atoms with E-state index in [0.717, 1.165) is 32.8 Å². The third kappa shape index (κ3) is 4.55. The molecule has 1 aliphatic heterocycles. The zero-order valence-corrected chi connectivity index (χ0v) is 12.2. The molecule has 1 aliphatic rings. The number of carbonyl (C=O) groups excluding carboxylic acids is 1. The molecule has 1 saturated heterocycles. The summed E-state index contributed by atoms with van der Waals surface area (Å²) in [7, 11) is 3.38. The lowest BCUT2D eigenvalue weighted by molar-refractivity contribution is -0.146. The van der Waals surface area contributed by atoms with Crippen LogP contribution in [0.2, 0.25) is 0 Å². The van der Waals surface area contributed by atoms with Crippen LogP contribution in [0, 0.1) is 0 Å². The molecular formula is C13H26N2O3. The van der Waals surface area contributed by atoms with Crippen LogP contribution < -0.4 is 0 Å². The minimum Gasteiger partial charge on any atom is -0.468 e. The van der Waals surface area contributed by atoms with E-state index in [1.54, 1.807) is 0 Å². The van der Waals surface area contributed by atoms with Crippen LogP contribution in [0.15, 0.2) is 0 Å². The summed E-state index contributed by atoms with van der Waals surface area (Å²) in [5, 5.41) is 0. The molecule has 0 saturated carbocycles. The van der Waals surface area contributed by atoms with E-state index in [-0.39, 0.29) is 17.6 Å². The number of likely N-dealkylation sites (N-methyl/N-ethyl adjacent to an activating group) is 1. The second kappa shape index (κ2) is 6.50. The van der Waals surface area contributed by atoms with Crippen molar-refractivity contribution in [3.63, 3.8) is 0 Å². The summed E-state index contributed by atoms with van der Waals surface area (Å²) in [6.45, 7) is 10.6. The third-order valence-electron chi connectivity index (χ3n) is 3.48. The molecule has 0 radical (unpaired) electrons. The fraction of sp³-hybridized carbons (Fsp3) is 0.923. The van der Waals surface area contributed by atoms with E-state index in [9.17, 15) is 4.79 Å². The van der Waals surface area contributed by atoms with Gasteiger partial charge in [-0.1, -0.05) is 0 Å². The van der Waals surface area contributed by atoms with Gasteiger partial charge in [0.1, 0.15) is 6.04 Å². The summed E-state index contributed by atoms with van der Waals surface area (Å²) in [6.07, 6.45) is 0. The first-order valence-corrected chi connectivity index (χ1v) is 6.50. The Morgan fingerprint density at radius 3 is 2.78 bits per heavy atom. The van der Waals surface area contributed by atoms with Gasteiger partial charge in [0, 0.05) is 26.2 Å². The van der Waals surface area contributed by atoms with Crippen LogP contribution in [-0.2, 0) is 14.3 Å². The molecule has 1 atom stereocenters. The van der Waals surface area contributed by atoms with Crippen molar-refractivity contribution in [2.45, 2.75) is 32.4 Å². The number of esters is 1. The molecule has 0 spiro atoms. The molecule has 0 aliphatic carbocycles. The van der Waals surface area contributed by atoms with Crippen LogP contribution in [0.1, 0.15) is 20.8 Å². The highest BCUT2D eigenvalue weighted by molar-refractivity contribution is 5.75. The number of ether oxygens (including phenoxy) is 2. The normalized spacial score (nSPS) is 21.9. The topological polar surface area (TPSA) is 42.0 Å². The predicted molar refractivity (Wildman–Crippen MR) is 70.6 cm³/mol. The molecule has 0 N–H and O–H groups in total. The number of methoxy groups -OCH3 is 1. The van der Waals surface area contributed by atoms with Gasteiger partial charge >= 0.3 is 5.97 Å². The van der Waals surface area contributed by atoms with Gasteiger partial charge in [-0.15, -0.1) is 0 Å². The van der Waals surface area contributed by atoms with E-state index in [1.165, 1.54) is 7.11 Å². The molecule has 0 amide bonds. The van der Waals surface area contributed by atoms with Gasteiger partial charge in [-0.25, -0.2) is 0 Å². The molecule has 0 aromatic heterocycles. The molecule has 1 unspecified atom stereocenters. The maximum Gasteiger partial charge on any atom is 0.322 e. The molecule has 1 fully saturated rings. The highest BCUT2D eigenvalue weighted by Crippen LogP contribution is 2.16. The standard InChI is InChI=1S/C13H26N2O3/c1-11(12(16)17-5)14(4)6-7-15-8-9-18-13(2,3)10-15/h11H,6-10H2,1-5H3. The van der Waals surface area contributed by atoms with Gasteiger partial charge in [0.25, 0.3) is 0 Å². The Labute approximate surface area is 110 Å². The van der Waals surface area contributed by atoms with Crippen molar-refractivity contribution in [3.05, 3.63) is 0 Å². The highest BCUT2D eigenvalue weighted by atomic mass is 16.5. The molecule has 106 valence electrons. The Morgan fingerprint density at radius 2 is 2.22 bits per heavy atom. The predicted octanol–water partition coefficient (Wildman–Crippen LogP) is 0.591. The van der Waals surface area contributed by atoms with Gasteiger partial charge in [-0.3, -0.25) is 14.6 Å². The van der Waals surface area contributed by atoms with Gasteiger partial charge in [-0.2, -0.15) is 0 Å². The van der Waals surface area contributed by atoms with E-state index in [1.807, 2.05) is 18.9 Å². The summed E-state index contributed by atoms with van der Waals surface area (Å²) in [6, 6.07) is -0.191. The summed E-state index contributed by atoms with van der Waals surface area (Å²) >= 11 is 0. The Morgan fingerprint density at radius 1 is 1.56 bits per heavy atom. The van der Waals surface area contributed by atoms with Crippen molar-refractivity contribution < 1.29 is 14.3 Å². The van der Waals surface area contributed by atoms with E-state index in [0.29, 0.717) is 0 Å². The average molecular weight is 258 g/mol. The van der Waals surface area contributed by atoms with Crippen LogP contribution in [0.5, 0.6) is 0 Å². The number of nitrogens with zero attached hydrogens (tertiary/aromatic N) is 2. The molecule has 5 nitrogen and oxygen atoms in total. The highest BCUT2D eigenvalue weighted by Gasteiger charge is 2.27. The van der Waals surface area contributed by atoms with Crippen molar-refractivity contribution in [2.75, 3.05) is 46.9 Å². The van der Waals surface area contributed by atoms with Crippen molar-refractivity contribution in [3.8, 4) is 0 Å². The van der Waals surface area contributed by atoms with Gasteiger partial charge < -0.3 is 9.47 Å². The Kier molecular flexibility index (Phi) is 5.56. The van der Waals surface area contributed by atoms with E-state index < -0.39 is 0 Å². The molecule has 0 aromatic carbocycles. The van der Waals surface area contributed by atoms with Crippen molar-refractivity contribution in [1.29, 1.82) is 0 Å². The Balaban J connectivity index is 2.34. The number of hydrogen-bond acceptors (Lipinski definition) is 5. The van der Waals surface area contributed by atoms with E-state index in [4.69, 9.17) is 9.47 Å². The van der Waals surface area contributed by atoms with Gasteiger partial charge in [0.2, 0.25) is 0 Å². The number of carbonyl (C=O) groups is 1. The number of hydrogen-bond donors (Lipinski definition) is 0. The quantitative estimate of drug-likeness (QED) is 0.675. The monoisotopic (exact) mass is 258 g/mol. The molecular weight excluding hydrogens is 232 g/mol. The first kappa shape index (κ1) is 15.4. The fourth-order valence-electron chi connectivity index (χ4n) is 2.15. The molecule has 0 aromatic rings. The third-order valence-corrected chi connectivity index (χ3v) is 3.48. The molecule has 1 rings (SSSR count). The lowest BCUT2D eigenvalue weighted by Gasteiger charge is -2.39. The van der Waals surface area contributed by atoms with Crippen molar-refractivity contribution in [2.24, 2.45) is 0 Å². The lowest BCUT2D eigenvalue weighted by Crippen LogP contribution is -2.50. The Bertz CT molecular complexity index is 281. The van der Waals surface area contributed by atoms with Crippen LogP contribution in [0.4, 0.5) is 0 Å². The van der Waals surface area contributed by atoms with Crippen molar-refractivity contribution in [1.82, 2.24) is 9.80 Å². The van der Waals surface area contributed by atoms with Crippen LogP contribution in [-0.4, -0.2) is 74.4 Å². The van der Waals surface area contributed by atoms with Crippen LogP contribution in [0.3, 0.4) is 0 Å². The smallest absolute Gasteiger partial charge is 0.322 e. The fourth-order valence-corrected chi connectivity index (χ4v) is 2.15. The van der Waals surface area contributed by atoms with E-state index >= 15 is 0 Å². The zero-order chi connectivity index (χ0) is 13.8. The first-order chi connectivity index (χ1) is 8.35. The van der Waals surface area contributed by atoms with E-state index in [2.05, 4.69) is 18.7 Å². The number of rotatable bonds is 5. The Hall–Kier alpha value is -0.650. The molecule has 5 heteroatoms. The second-order valence-electron chi connectivity index (χ2n) is 5.56. The van der Waals surface area contributed by atoms with Crippen LogP contribution >= 0.6 is 0 Å². The SMILES string of the molecule is COC(=O)C(C)N(C)CCN1CCOC(C)(C)C1. The molecule has 18 heavy (non-hydrogen) atoms. The minimum atomic E-state index is -0.191. The molecule has 0 bridgehead atoms. The summed E-state index contributed by atoms with van der Waals surface area (Å²) in [5.74, 6) is -0.181. The number of morpholine rings is 1. The summed E-state index contributed by atoms with van der Waals surface area (Å²) in [4.78, 5) is 15.8. The largest absolute Gasteiger partial charge is 0.468 e. The summed E-state index contributed by atoms with van der Waals surface area (Å²) < 4.78 is 10.4. The maximum absolute atomic E-state index is 11.4. The first-order valence-electron chi connectivity index (χ1n) is 6.50. The minimum absolute atomic E-state index is 0.0647. The van der Waals surface area contributed by atoms with Gasteiger partial charge in [-0.05, 0) is 27.8 Å². The lowest BCUT2D eigenvalue weighted by atomic mass is 10.1. The van der Waals surface area contributed by atoms with Crippen LogP contribution in [0.25, 0.3) is 0 Å². The maximum atomic E-state index is 11.4. The van der Waals surface area contributed by atoms with Gasteiger partial charge in [0.15, 0.2) is 0 Å². The zero-order valence-electron chi connectivity index (χ0n) is 12.2. The molecule has 1 heterocycles. The average Bonchev–Trinajstić information content (AvgIpc) is 2.32. The van der Waals surface area contributed by atoms with Crippen molar-refractivity contribution >= 4 is 5.97 Å². The second-order valence-corrected chi connectivity index (χ2v) is 5.56. The van der Waals surface area contributed by atoms with Gasteiger partial charge in [0.05, 0.1) is 19.3 Å².